The van der Waals surface area contributed by atoms with Gasteiger partial charge in [0.15, 0.2) is 5.60 Å². The zero-order chi connectivity index (χ0) is 11.4. The summed E-state index contributed by atoms with van der Waals surface area (Å²) in [5, 5.41) is 12.1. The fourth-order valence-electron chi connectivity index (χ4n) is 1.70. The molecular formula is C10H13N3O3. The lowest BCUT2D eigenvalue weighted by atomic mass is 10.0. The molecule has 6 nitrogen and oxygen atoms in total. The van der Waals surface area contributed by atoms with Gasteiger partial charge in [0.25, 0.3) is 0 Å². The van der Waals surface area contributed by atoms with Gasteiger partial charge in [-0.15, -0.1) is 0 Å². The van der Waals surface area contributed by atoms with Crippen LogP contribution in [0.4, 0.5) is 5.82 Å². The average Bonchev–Trinajstić information content (AvgIpc) is 2.78. The molecule has 2 heterocycles. The van der Waals surface area contributed by atoms with Crippen LogP contribution in [0.1, 0.15) is 12.8 Å². The number of nitrogens with zero attached hydrogens (tertiary/aromatic N) is 2. The maximum Gasteiger partial charge on any atom is 0.337 e. The highest BCUT2D eigenvalue weighted by Gasteiger charge is 2.42. The Morgan fingerprint density at radius 1 is 1.62 bits per heavy atom. The SMILES string of the molecule is O=C(O)C1(CNc2cnccn2)CCCO1. The van der Waals surface area contributed by atoms with E-state index in [-0.39, 0.29) is 6.54 Å². The van der Waals surface area contributed by atoms with E-state index in [1.165, 1.54) is 0 Å². The summed E-state index contributed by atoms with van der Waals surface area (Å²) in [5.41, 5.74) is -1.11. The third-order valence-corrected chi connectivity index (χ3v) is 2.61. The first kappa shape index (κ1) is 10.8. The summed E-state index contributed by atoms with van der Waals surface area (Å²) in [6.07, 6.45) is 5.95. The van der Waals surface area contributed by atoms with E-state index in [1.807, 2.05) is 0 Å². The molecule has 1 atom stereocenters. The van der Waals surface area contributed by atoms with Crippen molar-refractivity contribution in [3.8, 4) is 0 Å². The van der Waals surface area contributed by atoms with Crippen LogP contribution < -0.4 is 5.32 Å². The molecule has 16 heavy (non-hydrogen) atoms. The van der Waals surface area contributed by atoms with Gasteiger partial charge in [0.05, 0.1) is 12.7 Å². The molecule has 1 aliphatic heterocycles. The number of carboxylic acids is 1. The van der Waals surface area contributed by atoms with E-state index in [0.717, 1.165) is 6.42 Å². The highest BCUT2D eigenvalue weighted by atomic mass is 16.5. The Hall–Kier alpha value is -1.69. The monoisotopic (exact) mass is 223 g/mol. The average molecular weight is 223 g/mol. The molecule has 2 N–H and O–H groups in total. The van der Waals surface area contributed by atoms with Crippen molar-refractivity contribution in [2.75, 3.05) is 18.5 Å². The lowest BCUT2D eigenvalue weighted by Crippen LogP contribution is -2.44. The molecule has 1 fully saturated rings. The summed E-state index contributed by atoms with van der Waals surface area (Å²) >= 11 is 0. The topological polar surface area (TPSA) is 84.3 Å². The molecule has 0 saturated carbocycles. The van der Waals surface area contributed by atoms with Gasteiger partial charge in [0.1, 0.15) is 5.82 Å². The number of carbonyl (C=O) groups is 1. The molecule has 0 amide bonds. The largest absolute Gasteiger partial charge is 0.479 e. The van der Waals surface area contributed by atoms with Crippen molar-refractivity contribution in [3.05, 3.63) is 18.6 Å². The van der Waals surface area contributed by atoms with Crippen LogP contribution in [0.3, 0.4) is 0 Å². The predicted octanol–water partition coefficient (Wildman–Crippen LogP) is 0.522. The summed E-state index contributed by atoms with van der Waals surface area (Å²) < 4.78 is 5.31. The van der Waals surface area contributed by atoms with Gasteiger partial charge >= 0.3 is 5.97 Å². The van der Waals surface area contributed by atoms with E-state index >= 15 is 0 Å². The van der Waals surface area contributed by atoms with E-state index in [0.29, 0.717) is 18.8 Å². The molecule has 0 spiro atoms. The minimum absolute atomic E-state index is 0.209. The Kier molecular flexibility index (Phi) is 3.00. The van der Waals surface area contributed by atoms with Crippen LogP contribution in [-0.4, -0.2) is 39.8 Å². The molecule has 1 saturated heterocycles. The van der Waals surface area contributed by atoms with Crippen molar-refractivity contribution in [1.29, 1.82) is 0 Å². The minimum atomic E-state index is -1.11. The fraction of sp³-hybridized carbons (Fsp3) is 0.500. The summed E-state index contributed by atoms with van der Waals surface area (Å²) in [7, 11) is 0. The standard InChI is InChI=1S/C10H13N3O3/c14-9(15)10(2-1-5-16-10)7-13-8-6-11-3-4-12-8/h3-4,6H,1-2,5,7H2,(H,12,13)(H,14,15). The third-order valence-electron chi connectivity index (χ3n) is 2.61. The number of nitrogens with one attached hydrogen (secondary N) is 1. The van der Waals surface area contributed by atoms with Crippen molar-refractivity contribution in [2.45, 2.75) is 18.4 Å². The Bertz CT molecular complexity index is 363. The Morgan fingerprint density at radius 3 is 3.06 bits per heavy atom. The number of aliphatic carboxylic acids is 1. The molecular weight excluding hydrogens is 210 g/mol. The van der Waals surface area contributed by atoms with Gasteiger partial charge < -0.3 is 15.2 Å². The predicted molar refractivity (Wildman–Crippen MR) is 56.1 cm³/mol. The first-order chi connectivity index (χ1) is 7.73. The zero-order valence-electron chi connectivity index (χ0n) is 8.72. The molecule has 0 aliphatic carbocycles. The molecule has 0 aromatic carbocycles. The summed E-state index contributed by atoms with van der Waals surface area (Å²) in [5.74, 6) is -0.375. The number of hydrogen-bond acceptors (Lipinski definition) is 5. The molecule has 0 radical (unpaired) electrons. The highest BCUT2D eigenvalue weighted by molar-refractivity contribution is 5.78. The fourth-order valence-corrected chi connectivity index (χ4v) is 1.70. The summed E-state index contributed by atoms with van der Waals surface area (Å²) in [6, 6.07) is 0. The second kappa shape index (κ2) is 4.44. The van der Waals surface area contributed by atoms with Crippen LogP contribution in [0.25, 0.3) is 0 Å². The first-order valence-corrected chi connectivity index (χ1v) is 5.10. The normalized spacial score (nSPS) is 24.2. The van der Waals surface area contributed by atoms with E-state index in [9.17, 15) is 4.79 Å². The maximum absolute atomic E-state index is 11.1. The molecule has 1 aromatic heterocycles. The van der Waals surface area contributed by atoms with Gasteiger partial charge in [-0.3, -0.25) is 4.98 Å². The van der Waals surface area contributed by atoms with Crippen LogP contribution in [0.5, 0.6) is 0 Å². The van der Waals surface area contributed by atoms with Crippen molar-refractivity contribution >= 4 is 11.8 Å². The van der Waals surface area contributed by atoms with Gasteiger partial charge in [-0.2, -0.15) is 0 Å². The Labute approximate surface area is 92.7 Å². The van der Waals surface area contributed by atoms with Crippen molar-refractivity contribution in [1.82, 2.24) is 9.97 Å². The zero-order valence-corrected chi connectivity index (χ0v) is 8.72. The number of rotatable bonds is 4. The molecule has 0 bridgehead atoms. The molecule has 1 aromatic rings. The number of carboxylic acid groups (broad SMARTS) is 1. The van der Waals surface area contributed by atoms with E-state index in [1.54, 1.807) is 18.6 Å². The number of ether oxygens (including phenoxy) is 1. The van der Waals surface area contributed by atoms with Crippen molar-refractivity contribution in [3.63, 3.8) is 0 Å². The van der Waals surface area contributed by atoms with Crippen molar-refractivity contribution < 1.29 is 14.6 Å². The maximum atomic E-state index is 11.1. The smallest absolute Gasteiger partial charge is 0.337 e. The molecule has 6 heteroatoms. The quantitative estimate of drug-likeness (QED) is 0.774. The minimum Gasteiger partial charge on any atom is -0.479 e. The van der Waals surface area contributed by atoms with Crippen LogP contribution in [0.15, 0.2) is 18.6 Å². The van der Waals surface area contributed by atoms with Crippen LogP contribution in [-0.2, 0) is 9.53 Å². The number of anilines is 1. The van der Waals surface area contributed by atoms with Gasteiger partial charge in [0.2, 0.25) is 0 Å². The molecule has 1 aliphatic rings. The molecule has 2 rings (SSSR count). The van der Waals surface area contributed by atoms with Crippen LogP contribution in [0.2, 0.25) is 0 Å². The van der Waals surface area contributed by atoms with E-state index in [2.05, 4.69) is 15.3 Å². The second-order valence-electron chi connectivity index (χ2n) is 3.70. The Balaban J connectivity index is 2.00. The third kappa shape index (κ3) is 2.11. The lowest BCUT2D eigenvalue weighted by Gasteiger charge is -2.23. The lowest BCUT2D eigenvalue weighted by molar-refractivity contribution is -0.158. The van der Waals surface area contributed by atoms with Gasteiger partial charge in [-0.05, 0) is 12.8 Å². The number of aromatic nitrogens is 2. The first-order valence-electron chi connectivity index (χ1n) is 5.10. The molecule has 1 unspecified atom stereocenters. The van der Waals surface area contributed by atoms with Gasteiger partial charge in [-0.25, -0.2) is 9.78 Å². The van der Waals surface area contributed by atoms with Crippen LogP contribution in [0, 0.1) is 0 Å². The van der Waals surface area contributed by atoms with Crippen molar-refractivity contribution in [2.24, 2.45) is 0 Å². The summed E-state index contributed by atoms with van der Waals surface area (Å²) in [6.45, 7) is 0.704. The second-order valence-corrected chi connectivity index (χ2v) is 3.70. The van der Waals surface area contributed by atoms with Crippen LogP contribution >= 0.6 is 0 Å². The van der Waals surface area contributed by atoms with Gasteiger partial charge in [-0.1, -0.05) is 0 Å². The van der Waals surface area contributed by atoms with Gasteiger partial charge in [0, 0.05) is 19.0 Å². The number of hydrogen-bond donors (Lipinski definition) is 2. The summed E-state index contributed by atoms with van der Waals surface area (Å²) in [4.78, 5) is 19.0. The highest BCUT2D eigenvalue weighted by Crippen LogP contribution is 2.26. The van der Waals surface area contributed by atoms with E-state index < -0.39 is 11.6 Å². The Morgan fingerprint density at radius 2 is 2.50 bits per heavy atom. The van der Waals surface area contributed by atoms with E-state index in [4.69, 9.17) is 9.84 Å². The molecule has 86 valence electrons.